The van der Waals surface area contributed by atoms with Crippen LogP contribution in [0, 0.1) is 22.7 Å². The third-order valence-corrected chi connectivity index (χ3v) is 24.7. The summed E-state index contributed by atoms with van der Waals surface area (Å²) in [5, 5.41) is 24.2. The van der Waals surface area contributed by atoms with Gasteiger partial charge in [0.1, 0.15) is 0 Å². The first-order valence-electron chi connectivity index (χ1n) is 42.7. The predicted molar refractivity (Wildman–Crippen MR) is 519 cm³/mol. The van der Waals surface area contributed by atoms with Gasteiger partial charge >= 0.3 is 0 Å². The zero-order valence-electron chi connectivity index (χ0n) is 68.9. The Morgan fingerprint density at radius 2 is 0.381 bits per heavy atom. The highest BCUT2D eigenvalue weighted by Crippen LogP contribution is 2.65. The molecule has 2 aliphatic rings. The van der Waals surface area contributed by atoms with Gasteiger partial charge < -0.3 is 29.4 Å². The minimum atomic E-state index is -1.10. The maximum absolute atomic E-state index is 12.1. The van der Waals surface area contributed by atoms with E-state index in [4.69, 9.17) is 0 Å². The molecule has 21 rings (SSSR count). The van der Waals surface area contributed by atoms with Crippen LogP contribution in [0.25, 0.3) is 22.3 Å². The first-order chi connectivity index (χ1) is 62.5. The van der Waals surface area contributed by atoms with Crippen molar-refractivity contribution in [1.29, 1.82) is 10.5 Å². The number of rotatable bonds is 20. The summed E-state index contributed by atoms with van der Waals surface area (Å²) in [4.78, 5) is 14.4. The lowest BCUT2D eigenvalue weighted by atomic mass is 9.62. The molecular formula is C118H82N8. The summed E-state index contributed by atoms with van der Waals surface area (Å²) < 4.78 is 0. The van der Waals surface area contributed by atoms with E-state index in [0.717, 1.165) is 158 Å². The average Bonchev–Trinajstić information content (AvgIpc) is 0.658. The zero-order chi connectivity index (χ0) is 84.3. The second kappa shape index (κ2) is 33.2. The number of anilines is 18. The molecule has 0 saturated heterocycles. The second-order valence-corrected chi connectivity index (χ2v) is 31.7. The van der Waals surface area contributed by atoms with Gasteiger partial charge in [0.25, 0.3) is 0 Å². The standard InChI is InChI=1S/C118H82N8/c119-83-85-41-37-39-67-104(85)106-77-103(125-112-73-69-99(121(91-51-21-5-22-52-91)92-53-23-6-24-54-92)79-108(112)117(87-43-13-1-14-44-87,88-45-15-2-16-46-88)109-80-100(70-74-113(109)125)122(93-55-25-7-26-56-93)94-57-27-8-28-58-94)78-107(105-68-40-38-42-86(105)84-120)116(106)126-114-75-71-101(123(95-59-29-9-30-60-95)96-61-31-10-32-62-96)81-110(114)118(89-47-17-3-18-48-89,90-49-19-4-20-50-90)111-82-102(72-76-115(111)126)124(97-63-33-11-34-64-97)98-65-35-12-36-66-98/h1-82H. The molecule has 126 heavy (non-hydrogen) atoms. The molecule has 0 aliphatic carbocycles. The van der Waals surface area contributed by atoms with Crippen LogP contribution in [0.15, 0.2) is 497 Å². The smallest absolute Gasteiger partial charge is 0.0998 e. The van der Waals surface area contributed by atoms with E-state index in [1.807, 2.05) is 36.4 Å². The van der Waals surface area contributed by atoms with Crippen molar-refractivity contribution in [2.45, 2.75) is 10.8 Å². The van der Waals surface area contributed by atoms with Crippen molar-refractivity contribution in [3.8, 4) is 34.4 Å². The highest BCUT2D eigenvalue weighted by Gasteiger charge is 2.51. The number of nitriles is 2. The molecule has 0 fully saturated rings. The van der Waals surface area contributed by atoms with Crippen LogP contribution in [0.5, 0.6) is 0 Å². The number of nitrogens with zero attached hydrogens (tertiary/aromatic N) is 8. The van der Waals surface area contributed by atoms with E-state index < -0.39 is 10.8 Å². The highest BCUT2D eigenvalue weighted by molar-refractivity contribution is 6.07. The van der Waals surface area contributed by atoms with Gasteiger partial charge in [0.05, 0.1) is 62.5 Å². The quantitative estimate of drug-likeness (QED) is 0.0748. The van der Waals surface area contributed by atoms with Crippen molar-refractivity contribution >= 4 is 102 Å². The second-order valence-electron chi connectivity index (χ2n) is 31.7. The van der Waals surface area contributed by atoms with Crippen LogP contribution in [0.2, 0.25) is 0 Å². The topological polar surface area (TPSA) is 67.0 Å². The molecule has 8 nitrogen and oxygen atoms in total. The van der Waals surface area contributed by atoms with E-state index >= 15 is 0 Å². The van der Waals surface area contributed by atoms with Crippen LogP contribution in [0.1, 0.15) is 55.6 Å². The fraction of sp³-hybridized carbons (Fsp3) is 0.0169. The highest BCUT2D eigenvalue weighted by atomic mass is 15.2. The molecule has 0 N–H and O–H groups in total. The summed E-state index contributed by atoms with van der Waals surface area (Å²) in [6.07, 6.45) is 0. The Labute approximate surface area is 735 Å². The molecule has 0 spiro atoms. The lowest BCUT2D eigenvalue weighted by Gasteiger charge is -2.49. The van der Waals surface area contributed by atoms with Crippen molar-refractivity contribution in [2.75, 3.05) is 29.4 Å². The van der Waals surface area contributed by atoms with Gasteiger partial charge in [0.2, 0.25) is 0 Å². The Balaban J connectivity index is 0.929. The normalized spacial score (nSPS) is 12.5. The third-order valence-electron chi connectivity index (χ3n) is 24.7. The van der Waals surface area contributed by atoms with E-state index in [1.54, 1.807) is 0 Å². The van der Waals surface area contributed by atoms with E-state index in [1.165, 1.54) is 0 Å². The van der Waals surface area contributed by atoms with Gasteiger partial charge in [-0.3, -0.25) is 0 Å². The lowest BCUT2D eigenvalue weighted by Crippen LogP contribution is -2.38. The molecule has 0 aromatic heterocycles. The molecular weight excluding hydrogens is 1530 g/mol. The van der Waals surface area contributed by atoms with Crippen molar-refractivity contribution in [3.05, 3.63) is 553 Å². The Morgan fingerprint density at radius 1 is 0.183 bits per heavy atom. The minimum absolute atomic E-state index is 0.467. The maximum atomic E-state index is 12.1. The van der Waals surface area contributed by atoms with Crippen LogP contribution in [-0.4, -0.2) is 0 Å². The van der Waals surface area contributed by atoms with Gasteiger partial charge in [0.15, 0.2) is 0 Å². The molecule has 19 aromatic carbocycles. The number of hydrogen-bond donors (Lipinski definition) is 0. The van der Waals surface area contributed by atoms with Gasteiger partial charge in [-0.15, -0.1) is 0 Å². The fourth-order valence-electron chi connectivity index (χ4n) is 19.5. The molecule has 8 heteroatoms. The number of para-hydroxylation sites is 8. The molecule has 2 aliphatic heterocycles. The predicted octanol–water partition coefficient (Wildman–Crippen LogP) is 31.0. The van der Waals surface area contributed by atoms with Gasteiger partial charge in [-0.05, 0) is 239 Å². The van der Waals surface area contributed by atoms with Gasteiger partial charge in [0, 0.05) is 96.2 Å². The molecule has 0 atom stereocenters. The molecule has 0 unspecified atom stereocenters. The van der Waals surface area contributed by atoms with Crippen molar-refractivity contribution in [1.82, 2.24) is 0 Å². The molecule has 0 bridgehead atoms. The first kappa shape index (κ1) is 76.4. The van der Waals surface area contributed by atoms with E-state index in [-0.39, 0.29) is 0 Å². The molecule has 0 saturated carbocycles. The van der Waals surface area contributed by atoms with E-state index in [0.29, 0.717) is 22.3 Å². The monoisotopic (exact) mass is 1610 g/mol. The molecule has 0 radical (unpaired) electrons. The lowest BCUT2D eigenvalue weighted by molar-refractivity contribution is 0.730. The first-order valence-corrected chi connectivity index (χ1v) is 42.7. The summed E-state index contributed by atoms with van der Waals surface area (Å²) in [7, 11) is 0. The number of hydrogen-bond acceptors (Lipinski definition) is 8. The van der Waals surface area contributed by atoms with E-state index in [9.17, 15) is 10.5 Å². The van der Waals surface area contributed by atoms with Gasteiger partial charge in [-0.25, -0.2) is 0 Å². The minimum Gasteiger partial charge on any atom is -0.310 e. The molecule has 2 heterocycles. The van der Waals surface area contributed by atoms with Gasteiger partial charge in [-0.1, -0.05) is 303 Å². The number of benzene rings is 19. The maximum Gasteiger partial charge on any atom is 0.0998 e. The van der Waals surface area contributed by atoms with Crippen molar-refractivity contribution in [2.24, 2.45) is 0 Å². The van der Waals surface area contributed by atoms with Crippen LogP contribution < -0.4 is 29.4 Å². The Kier molecular flexibility index (Phi) is 20.1. The zero-order valence-corrected chi connectivity index (χ0v) is 68.9. The van der Waals surface area contributed by atoms with Crippen molar-refractivity contribution in [3.63, 3.8) is 0 Å². The summed E-state index contributed by atoms with van der Waals surface area (Å²) in [5.41, 5.74) is 26.6. The fourth-order valence-corrected chi connectivity index (χ4v) is 19.5. The molecule has 0 amide bonds. The summed E-state index contributed by atoms with van der Waals surface area (Å²) in [5.74, 6) is 0. The Bertz CT molecular complexity index is 6640. The van der Waals surface area contributed by atoms with Crippen molar-refractivity contribution < 1.29 is 0 Å². The Morgan fingerprint density at radius 3 is 0.603 bits per heavy atom. The van der Waals surface area contributed by atoms with Crippen LogP contribution in [0.3, 0.4) is 0 Å². The molecule has 19 aromatic rings. The number of fused-ring (bicyclic) bond motifs is 4. The largest absolute Gasteiger partial charge is 0.310 e. The summed E-state index contributed by atoms with van der Waals surface area (Å²) >= 11 is 0. The van der Waals surface area contributed by atoms with Crippen LogP contribution >= 0.6 is 0 Å². The summed E-state index contributed by atoms with van der Waals surface area (Å²) in [6, 6.07) is 184. The summed E-state index contributed by atoms with van der Waals surface area (Å²) in [6.45, 7) is 0. The SMILES string of the molecule is N#Cc1ccccc1-c1cc(N2c3ccc(N(c4ccccc4)c4ccccc4)cc3C(c3ccccc3)(c3ccccc3)c3cc(N(c4ccccc4)c4ccccc4)ccc32)cc(-c2ccccc2C#N)c1N1c2ccc(N(c3ccccc3)c3ccccc3)cc2C(c2ccccc2)(c2ccccc2)c2cc(N(c3ccccc3)c3ccccc3)ccc21. The molecule has 594 valence electrons. The van der Waals surface area contributed by atoms with E-state index in [2.05, 4.69) is 503 Å². The Hall–Kier alpha value is -17.0. The van der Waals surface area contributed by atoms with Crippen LogP contribution in [0.4, 0.5) is 102 Å². The van der Waals surface area contributed by atoms with Crippen LogP contribution in [-0.2, 0) is 10.8 Å². The average molecular weight is 1610 g/mol. The van der Waals surface area contributed by atoms with Gasteiger partial charge in [-0.2, -0.15) is 10.5 Å². The third kappa shape index (κ3) is 13.3.